The van der Waals surface area contributed by atoms with Crippen molar-refractivity contribution in [2.24, 2.45) is 5.92 Å². The molecule has 0 bridgehead atoms. The van der Waals surface area contributed by atoms with Gasteiger partial charge in [0.05, 0.1) is 7.11 Å². The first kappa shape index (κ1) is 17.3. The van der Waals surface area contributed by atoms with E-state index in [1.165, 1.54) is 19.3 Å². The predicted molar refractivity (Wildman–Crippen MR) is 88.3 cm³/mol. The minimum atomic E-state index is -0.0271. The second-order valence-corrected chi connectivity index (χ2v) is 5.27. The third kappa shape index (κ3) is 6.98. The first-order chi connectivity index (χ1) is 10.2. The fourth-order valence-corrected chi connectivity index (χ4v) is 2.13. The Balaban J connectivity index is 2.39. The maximum Gasteiger partial charge on any atom is 0.244 e. The van der Waals surface area contributed by atoms with Crippen LogP contribution in [0.15, 0.2) is 30.3 Å². The van der Waals surface area contributed by atoms with E-state index in [1.807, 2.05) is 30.3 Å². The lowest BCUT2D eigenvalue weighted by Gasteiger charge is -2.14. The Labute approximate surface area is 128 Å². The molecule has 1 rings (SSSR count). The number of ether oxygens (including phenoxy) is 1. The van der Waals surface area contributed by atoms with Crippen molar-refractivity contribution < 1.29 is 9.53 Å². The smallest absolute Gasteiger partial charge is 0.244 e. The zero-order valence-corrected chi connectivity index (χ0v) is 13.4. The Kier molecular flexibility index (Phi) is 8.25. The van der Waals surface area contributed by atoms with Crippen LogP contribution in [0.3, 0.4) is 0 Å². The van der Waals surface area contributed by atoms with Crippen LogP contribution in [0.1, 0.15) is 45.1 Å². The van der Waals surface area contributed by atoms with Crippen molar-refractivity contribution in [3.8, 4) is 5.75 Å². The molecule has 0 unspecified atom stereocenters. The van der Waals surface area contributed by atoms with Crippen molar-refractivity contribution in [3.05, 3.63) is 35.9 Å². The summed E-state index contributed by atoms with van der Waals surface area (Å²) in [5.41, 5.74) is 0.990. The molecule has 0 saturated heterocycles. The Morgan fingerprint density at radius 1 is 1.29 bits per heavy atom. The van der Waals surface area contributed by atoms with Crippen LogP contribution in [-0.2, 0) is 4.79 Å². The van der Waals surface area contributed by atoms with Crippen molar-refractivity contribution in [1.82, 2.24) is 5.32 Å². The number of carbonyl (C=O) groups is 1. The molecule has 3 heteroatoms. The molecular weight excluding hydrogens is 262 g/mol. The molecule has 1 N–H and O–H groups in total. The average molecular weight is 289 g/mol. The molecule has 0 heterocycles. The molecule has 3 nitrogen and oxygen atoms in total. The van der Waals surface area contributed by atoms with E-state index in [0.29, 0.717) is 5.92 Å². The number of hydrogen-bond acceptors (Lipinski definition) is 2. The molecule has 1 aromatic rings. The van der Waals surface area contributed by atoms with Gasteiger partial charge in [-0.25, -0.2) is 0 Å². The highest BCUT2D eigenvalue weighted by Gasteiger charge is 2.06. The molecule has 0 aliphatic carbocycles. The van der Waals surface area contributed by atoms with Crippen LogP contribution in [-0.4, -0.2) is 19.6 Å². The summed E-state index contributed by atoms with van der Waals surface area (Å²) in [6.45, 7) is 5.14. The number of rotatable bonds is 9. The lowest BCUT2D eigenvalue weighted by Crippen LogP contribution is -2.27. The first-order valence-electron chi connectivity index (χ1n) is 7.79. The summed E-state index contributed by atoms with van der Waals surface area (Å²) in [6, 6.07) is 7.63. The minimum Gasteiger partial charge on any atom is -0.497 e. The van der Waals surface area contributed by atoms with Gasteiger partial charge in [0.25, 0.3) is 0 Å². The number of amides is 1. The fourth-order valence-electron chi connectivity index (χ4n) is 2.13. The third-order valence-corrected chi connectivity index (χ3v) is 3.65. The zero-order chi connectivity index (χ0) is 15.5. The Morgan fingerprint density at radius 3 is 2.57 bits per heavy atom. The monoisotopic (exact) mass is 289 g/mol. The molecule has 1 amide bonds. The van der Waals surface area contributed by atoms with Crippen molar-refractivity contribution in [2.45, 2.75) is 39.5 Å². The van der Waals surface area contributed by atoms with Crippen LogP contribution in [0.2, 0.25) is 0 Å². The van der Waals surface area contributed by atoms with Crippen molar-refractivity contribution in [2.75, 3.05) is 13.7 Å². The summed E-state index contributed by atoms with van der Waals surface area (Å²) in [5.74, 6) is 1.38. The maximum atomic E-state index is 11.8. The quantitative estimate of drug-likeness (QED) is 0.697. The summed E-state index contributed by atoms with van der Waals surface area (Å²) in [7, 11) is 1.64. The normalized spacial score (nSPS) is 12.3. The molecule has 21 heavy (non-hydrogen) atoms. The van der Waals surface area contributed by atoms with Crippen LogP contribution in [0, 0.1) is 5.92 Å². The Bertz CT molecular complexity index is 437. The molecule has 116 valence electrons. The van der Waals surface area contributed by atoms with Crippen molar-refractivity contribution >= 4 is 12.0 Å². The van der Waals surface area contributed by atoms with Gasteiger partial charge in [0.15, 0.2) is 0 Å². The van der Waals surface area contributed by atoms with E-state index in [0.717, 1.165) is 24.3 Å². The average Bonchev–Trinajstić information content (AvgIpc) is 2.53. The van der Waals surface area contributed by atoms with Gasteiger partial charge in [-0.3, -0.25) is 4.79 Å². The highest BCUT2D eigenvalue weighted by atomic mass is 16.5. The second kappa shape index (κ2) is 10.0. The lowest BCUT2D eigenvalue weighted by molar-refractivity contribution is -0.116. The molecule has 1 atom stereocenters. The van der Waals surface area contributed by atoms with Crippen LogP contribution < -0.4 is 10.1 Å². The first-order valence-corrected chi connectivity index (χ1v) is 7.79. The lowest BCUT2D eigenvalue weighted by atomic mass is 9.99. The number of carbonyl (C=O) groups excluding carboxylic acids is 1. The van der Waals surface area contributed by atoms with Crippen molar-refractivity contribution in [1.29, 1.82) is 0 Å². The van der Waals surface area contributed by atoms with Gasteiger partial charge in [0.2, 0.25) is 5.91 Å². The summed E-state index contributed by atoms with van der Waals surface area (Å²) in [6.07, 6.45) is 8.16. The number of nitrogens with one attached hydrogen (secondary N) is 1. The third-order valence-electron chi connectivity index (χ3n) is 3.65. The second-order valence-electron chi connectivity index (χ2n) is 5.27. The van der Waals surface area contributed by atoms with Gasteiger partial charge in [-0.1, -0.05) is 45.2 Å². The number of unbranched alkanes of at least 4 members (excludes halogenated alkanes) is 1. The largest absolute Gasteiger partial charge is 0.497 e. The van der Waals surface area contributed by atoms with Gasteiger partial charge >= 0.3 is 0 Å². The van der Waals surface area contributed by atoms with Crippen molar-refractivity contribution in [3.63, 3.8) is 0 Å². The fraction of sp³-hybridized carbons (Fsp3) is 0.500. The van der Waals surface area contributed by atoms with Gasteiger partial charge in [-0.15, -0.1) is 0 Å². The van der Waals surface area contributed by atoms with Gasteiger partial charge < -0.3 is 10.1 Å². The van der Waals surface area contributed by atoms with Crippen LogP contribution in [0.4, 0.5) is 0 Å². The SMILES string of the molecule is CCCC[C@H](CC)CNC(=O)/C=C\c1ccc(OC)cc1. The van der Waals surface area contributed by atoms with Gasteiger partial charge in [-0.05, 0) is 36.1 Å². The standard InChI is InChI=1S/C18H27NO2/c1-4-6-7-15(5-2)14-19-18(20)13-10-16-8-11-17(21-3)12-9-16/h8-13,15H,4-7,14H2,1-3H3,(H,19,20)/b13-10-/t15-/m0/s1. The molecule has 1 aromatic carbocycles. The Hall–Kier alpha value is -1.77. The minimum absolute atomic E-state index is 0.0271. The molecule has 0 spiro atoms. The molecular formula is C18H27NO2. The van der Waals surface area contributed by atoms with E-state index in [4.69, 9.17) is 4.74 Å². The number of hydrogen-bond donors (Lipinski definition) is 1. The summed E-state index contributed by atoms with van der Waals surface area (Å²) >= 11 is 0. The molecule has 0 aliphatic heterocycles. The van der Waals surface area contributed by atoms with E-state index in [-0.39, 0.29) is 5.91 Å². The van der Waals surface area contributed by atoms with E-state index in [1.54, 1.807) is 13.2 Å². The van der Waals surface area contributed by atoms with Crippen LogP contribution in [0.5, 0.6) is 5.75 Å². The van der Waals surface area contributed by atoms with Crippen LogP contribution in [0.25, 0.3) is 6.08 Å². The highest BCUT2D eigenvalue weighted by molar-refractivity contribution is 5.91. The molecule has 0 fully saturated rings. The van der Waals surface area contributed by atoms with E-state index in [2.05, 4.69) is 19.2 Å². The molecule has 0 aromatic heterocycles. The molecule has 0 radical (unpaired) electrons. The molecule has 0 aliphatic rings. The maximum absolute atomic E-state index is 11.8. The zero-order valence-electron chi connectivity index (χ0n) is 13.4. The van der Waals surface area contributed by atoms with Gasteiger partial charge in [0.1, 0.15) is 5.75 Å². The van der Waals surface area contributed by atoms with E-state index >= 15 is 0 Å². The Morgan fingerprint density at radius 2 is 2.00 bits per heavy atom. The molecule has 0 saturated carbocycles. The van der Waals surface area contributed by atoms with E-state index < -0.39 is 0 Å². The van der Waals surface area contributed by atoms with Gasteiger partial charge in [-0.2, -0.15) is 0 Å². The predicted octanol–water partition coefficient (Wildman–Crippen LogP) is 4.04. The number of methoxy groups -OCH3 is 1. The van der Waals surface area contributed by atoms with E-state index in [9.17, 15) is 4.79 Å². The summed E-state index contributed by atoms with van der Waals surface area (Å²) in [4.78, 5) is 11.8. The summed E-state index contributed by atoms with van der Waals surface area (Å²) in [5, 5.41) is 2.98. The topological polar surface area (TPSA) is 38.3 Å². The summed E-state index contributed by atoms with van der Waals surface area (Å²) < 4.78 is 5.10. The van der Waals surface area contributed by atoms with Crippen LogP contribution >= 0.6 is 0 Å². The highest BCUT2D eigenvalue weighted by Crippen LogP contribution is 2.13. The van der Waals surface area contributed by atoms with Gasteiger partial charge in [0, 0.05) is 12.6 Å². The number of benzene rings is 1.